The fraction of sp³-hybridized carbons (Fsp3) is 0.588. The van der Waals surface area contributed by atoms with Gasteiger partial charge in [0.25, 0.3) is 0 Å². The van der Waals surface area contributed by atoms with E-state index >= 15 is 0 Å². The summed E-state index contributed by atoms with van der Waals surface area (Å²) in [5, 5.41) is 4.16. The molecule has 2 aliphatic rings. The molecule has 22 heavy (non-hydrogen) atoms. The van der Waals surface area contributed by atoms with Gasteiger partial charge in [-0.15, -0.1) is 0 Å². The third-order valence-corrected chi connectivity index (χ3v) is 5.00. The number of rotatable bonds is 4. The van der Waals surface area contributed by atoms with Crippen molar-refractivity contribution in [1.82, 2.24) is 15.1 Å². The summed E-state index contributed by atoms with van der Waals surface area (Å²) >= 11 is 5.90. The van der Waals surface area contributed by atoms with E-state index in [-0.39, 0.29) is 5.91 Å². The molecule has 2 fully saturated rings. The highest BCUT2D eigenvalue weighted by atomic mass is 35.5. The van der Waals surface area contributed by atoms with Crippen LogP contribution in [0.3, 0.4) is 0 Å². The molecular formula is C17H24ClN3O. The topological polar surface area (TPSA) is 35.6 Å². The number of carbonyl (C=O) groups excluding carboxylic acids is 1. The van der Waals surface area contributed by atoms with Crippen LogP contribution in [0.25, 0.3) is 0 Å². The van der Waals surface area contributed by atoms with E-state index in [1.54, 1.807) is 0 Å². The second-order valence-corrected chi connectivity index (χ2v) is 7.33. The number of nitrogens with zero attached hydrogens (tertiary/aromatic N) is 2. The lowest BCUT2D eigenvalue weighted by Crippen LogP contribution is -2.52. The Labute approximate surface area is 137 Å². The predicted octanol–water partition coefficient (Wildman–Crippen LogP) is 1.98. The molecule has 1 aromatic carbocycles. The van der Waals surface area contributed by atoms with Crippen LogP contribution in [0.1, 0.15) is 18.9 Å². The van der Waals surface area contributed by atoms with E-state index in [4.69, 9.17) is 11.6 Å². The maximum absolute atomic E-state index is 12.4. The lowest BCUT2D eigenvalue weighted by Gasteiger charge is -2.38. The molecule has 2 aliphatic heterocycles. The number of carbonyl (C=O) groups is 1. The second-order valence-electron chi connectivity index (χ2n) is 6.89. The van der Waals surface area contributed by atoms with Crippen molar-refractivity contribution < 1.29 is 4.79 Å². The molecule has 0 aromatic heterocycles. The Bertz CT molecular complexity index is 525. The number of benzene rings is 1. The molecule has 0 aliphatic carbocycles. The number of amides is 1. The number of hydrogen-bond acceptors (Lipinski definition) is 3. The van der Waals surface area contributed by atoms with Gasteiger partial charge in [0, 0.05) is 37.7 Å². The Kier molecular flexibility index (Phi) is 4.71. The summed E-state index contributed by atoms with van der Waals surface area (Å²) in [6.07, 6.45) is 1.20. The highest BCUT2D eigenvalue weighted by Crippen LogP contribution is 2.26. The number of halogens is 1. The summed E-state index contributed by atoms with van der Waals surface area (Å²) in [5.74, 6) is 0.232. The standard InChI is InChI=1S/C17H24ClN3O/c1-17(6-7-19-12-17)13-20-8-9-21(16(22)11-20)10-14-2-4-15(18)5-3-14/h2-5,19H,6-13H2,1H3. The highest BCUT2D eigenvalue weighted by molar-refractivity contribution is 6.30. The zero-order valence-corrected chi connectivity index (χ0v) is 13.9. The molecule has 1 amide bonds. The Morgan fingerprint density at radius 2 is 2.05 bits per heavy atom. The summed E-state index contributed by atoms with van der Waals surface area (Å²) < 4.78 is 0. The number of piperazine rings is 1. The van der Waals surface area contributed by atoms with Gasteiger partial charge in [0.05, 0.1) is 6.54 Å². The molecule has 0 saturated carbocycles. The van der Waals surface area contributed by atoms with E-state index in [0.29, 0.717) is 18.5 Å². The Hall–Kier alpha value is -1.10. The minimum Gasteiger partial charge on any atom is -0.336 e. The third-order valence-electron chi connectivity index (χ3n) is 4.75. The van der Waals surface area contributed by atoms with Crippen LogP contribution >= 0.6 is 11.6 Å². The van der Waals surface area contributed by atoms with E-state index in [9.17, 15) is 4.79 Å². The smallest absolute Gasteiger partial charge is 0.237 e. The molecule has 1 N–H and O–H groups in total. The maximum atomic E-state index is 12.4. The average molecular weight is 322 g/mol. The van der Waals surface area contributed by atoms with E-state index < -0.39 is 0 Å². The predicted molar refractivity (Wildman–Crippen MR) is 88.9 cm³/mol. The lowest BCUT2D eigenvalue weighted by atomic mass is 9.89. The molecule has 5 heteroatoms. The van der Waals surface area contributed by atoms with Crippen LogP contribution in [0.2, 0.25) is 5.02 Å². The Morgan fingerprint density at radius 3 is 2.68 bits per heavy atom. The van der Waals surface area contributed by atoms with Crippen LogP contribution < -0.4 is 5.32 Å². The zero-order chi connectivity index (χ0) is 15.6. The van der Waals surface area contributed by atoms with Gasteiger partial charge in [0.15, 0.2) is 0 Å². The van der Waals surface area contributed by atoms with Crippen LogP contribution in [0, 0.1) is 5.41 Å². The second kappa shape index (κ2) is 6.57. The van der Waals surface area contributed by atoms with Gasteiger partial charge in [-0.25, -0.2) is 0 Å². The number of nitrogens with one attached hydrogen (secondary N) is 1. The van der Waals surface area contributed by atoms with E-state index in [1.807, 2.05) is 29.2 Å². The first kappa shape index (κ1) is 15.8. The SMILES string of the molecule is CC1(CN2CCN(Cc3ccc(Cl)cc3)C(=O)C2)CCNC1. The van der Waals surface area contributed by atoms with Crippen molar-refractivity contribution in [2.24, 2.45) is 5.41 Å². The van der Waals surface area contributed by atoms with Crippen molar-refractivity contribution in [3.63, 3.8) is 0 Å². The van der Waals surface area contributed by atoms with Crippen molar-refractivity contribution >= 4 is 17.5 Å². The first-order chi connectivity index (χ1) is 10.5. The van der Waals surface area contributed by atoms with Crippen molar-refractivity contribution in [2.75, 3.05) is 39.3 Å². The molecule has 120 valence electrons. The largest absolute Gasteiger partial charge is 0.336 e. The van der Waals surface area contributed by atoms with Crippen LogP contribution in [-0.2, 0) is 11.3 Å². The Morgan fingerprint density at radius 1 is 1.27 bits per heavy atom. The summed E-state index contributed by atoms with van der Waals surface area (Å²) in [6, 6.07) is 7.75. The summed E-state index contributed by atoms with van der Waals surface area (Å²) in [5.41, 5.74) is 1.46. The lowest BCUT2D eigenvalue weighted by molar-refractivity contribution is -0.137. The molecular weight excluding hydrogens is 298 g/mol. The quantitative estimate of drug-likeness (QED) is 0.921. The van der Waals surface area contributed by atoms with Crippen LogP contribution in [0.15, 0.2) is 24.3 Å². The monoisotopic (exact) mass is 321 g/mol. The minimum absolute atomic E-state index is 0.232. The van der Waals surface area contributed by atoms with Crippen molar-refractivity contribution in [1.29, 1.82) is 0 Å². The molecule has 0 radical (unpaired) electrons. The van der Waals surface area contributed by atoms with Gasteiger partial charge in [-0.2, -0.15) is 0 Å². The fourth-order valence-corrected chi connectivity index (χ4v) is 3.54. The van der Waals surface area contributed by atoms with Gasteiger partial charge in [-0.1, -0.05) is 30.7 Å². The van der Waals surface area contributed by atoms with Crippen LogP contribution in [0.4, 0.5) is 0 Å². The summed E-state index contributed by atoms with van der Waals surface area (Å²) in [6.45, 7) is 8.50. The van der Waals surface area contributed by atoms with Crippen LogP contribution in [0.5, 0.6) is 0 Å². The normalized spacial score (nSPS) is 26.6. The van der Waals surface area contributed by atoms with Crippen molar-refractivity contribution in [2.45, 2.75) is 19.9 Å². The van der Waals surface area contributed by atoms with E-state index in [2.05, 4.69) is 17.1 Å². The molecule has 0 bridgehead atoms. The Balaban J connectivity index is 1.53. The molecule has 4 nitrogen and oxygen atoms in total. The molecule has 1 atom stereocenters. The van der Waals surface area contributed by atoms with Gasteiger partial charge in [-0.05, 0) is 36.1 Å². The van der Waals surface area contributed by atoms with Gasteiger partial charge in [0.2, 0.25) is 5.91 Å². The van der Waals surface area contributed by atoms with E-state index in [1.165, 1.54) is 6.42 Å². The van der Waals surface area contributed by atoms with Gasteiger partial charge < -0.3 is 10.2 Å². The first-order valence-electron chi connectivity index (χ1n) is 7.99. The molecule has 1 unspecified atom stereocenters. The zero-order valence-electron chi connectivity index (χ0n) is 13.1. The van der Waals surface area contributed by atoms with E-state index in [0.717, 1.165) is 43.3 Å². The third kappa shape index (κ3) is 3.80. The van der Waals surface area contributed by atoms with Crippen LogP contribution in [-0.4, -0.2) is 55.0 Å². The summed E-state index contributed by atoms with van der Waals surface area (Å²) in [7, 11) is 0. The highest BCUT2D eigenvalue weighted by Gasteiger charge is 2.33. The molecule has 0 spiro atoms. The molecule has 2 heterocycles. The minimum atomic E-state index is 0.232. The van der Waals surface area contributed by atoms with Gasteiger partial charge in [0.1, 0.15) is 0 Å². The number of hydrogen-bond donors (Lipinski definition) is 1. The van der Waals surface area contributed by atoms with Crippen molar-refractivity contribution in [3.8, 4) is 0 Å². The first-order valence-corrected chi connectivity index (χ1v) is 8.37. The average Bonchev–Trinajstić information content (AvgIpc) is 2.90. The maximum Gasteiger partial charge on any atom is 0.237 e. The van der Waals surface area contributed by atoms with Gasteiger partial charge in [-0.3, -0.25) is 9.69 Å². The molecule has 2 saturated heterocycles. The molecule has 3 rings (SSSR count). The molecule has 1 aromatic rings. The fourth-order valence-electron chi connectivity index (χ4n) is 3.41. The summed E-state index contributed by atoms with van der Waals surface area (Å²) in [4.78, 5) is 16.7. The van der Waals surface area contributed by atoms with Gasteiger partial charge >= 0.3 is 0 Å². The van der Waals surface area contributed by atoms with Crippen molar-refractivity contribution in [3.05, 3.63) is 34.9 Å².